The van der Waals surface area contributed by atoms with Gasteiger partial charge < -0.3 is 15.3 Å². The summed E-state index contributed by atoms with van der Waals surface area (Å²) in [5.74, 6) is -0.674. The smallest absolute Gasteiger partial charge is 0.508 e. The second-order valence-corrected chi connectivity index (χ2v) is 7.15. The van der Waals surface area contributed by atoms with Gasteiger partial charge in [0.2, 0.25) is 14.8 Å². The molecule has 0 aliphatic rings. The van der Waals surface area contributed by atoms with Gasteiger partial charge in [0.1, 0.15) is 17.2 Å². The Bertz CT molecular complexity index is 1000. The summed E-state index contributed by atoms with van der Waals surface area (Å²) in [5, 5.41) is 28.5. The second kappa shape index (κ2) is 9.53. The Kier molecular flexibility index (Phi) is 6.61. The van der Waals surface area contributed by atoms with E-state index in [4.69, 9.17) is 11.7 Å². The summed E-state index contributed by atoms with van der Waals surface area (Å²) in [5.41, 5.74) is -0.474. The van der Waals surface area contributed by atoms with E-state index in [2.05, 4.69) is 0 Å². The Hall–Kier alpha value is -4.21. The number of hydrogen-bond donors (Lipinski definition) is 3. The molecule has 31 heavy (non-hydrogen) atoms. The van der Waals surface area contributed by atoms with Crippen molar-refractivity contribution in [3.8, 4) is 17.2 Å². The summed E-state index contributed by atoms with van der Waals surface area (Å²) in [4.78, 5) is 36.6. The molecule has 0 unspecified atom stereocenters. The van der Waals surface area contributed by atoms with Crippen LogP contribution in [0.1, 0.15) is 0 Å². The summed E-state index contributed by atoms with van der Waals surface area (Å²) >= 11 is -3.87. The van der Waals surface area contributed by atoms with Crippen LogP contribution in [0.4, 0.5) is 17.1 Å². The predicted molar refractivity (Wildman–Crippen MR) is 103 cm³/mol. The van der Waals surface area contributed by atoms with Crippen molar-refractivity contribution in [2.75, 3.05) is 0 Å². The quantitative estimate of drug-likeness (QED) is 0.334. The third-order valence-corrected chi connectivity index (χ3v) is 4.76. The predicted octanol–water partition coefficient (Wildman–Crippen LogP) is 3.21. The maximum Gasteiger partial charge on any atom is 1.38 e. The molecule has 3 aromatic carbocycles. The summed E-state index contributed by atoms with van der Waals surface area (Å²) in [6.07, 6.45) is 0. The third-order valence-electron chi connectivity index (χ3n) is 3.67. The molecule has 0 atom stereocenters. The van der Waals surface area contributed by atoms with E-state index in [9.17, 15) is 30.0 Å². The van der Waals surface area contributed by atoms with Gasteiger partial charge >= 0.3 is 32.2 Å². The highest BCUT2D eigenvalue weighted by molar-refractivity contribution is 6.35. The summed E-state index contributed by atoms with van der Waals surface area (Å²) in [6.45, 7) is 0. The zero-order chi connectivity index (χ0) is 22.4. The van der Waals surface area contributed by atoms with Crippen molar-refractivity contribution < 1.29 is 41.8 Å². The minimum atomic E-state index is -3.87. The van der Waals surface area contributed by atoms with Crippen LogP contribution in [-0.2, 0) is 11.7 Å². The SMILES string of the molecule is O=[N+]([O][Al]([O][N+](=O)c1cccc(O)c1)[O][N+](=O)c1cccc(O)c1)c1cccc(O)c1. The molecule has 0 heterocycles. The topological polar surface area (TPSA) is 149 Å². The minimum absolute atomic E-state index is 0.0801. The largest absolute Gasteiger partial charge is 1.38 e. The van der Waals surface area contributed by atoms with Gasteiger partial charge in [-0.15, -0.1) is 0 Å². The van der Waals surface area contributed by atoms with Gasteiger partial charge in [0.25, 0.3) is 0 Å². The van der Waals surface area contributed by atoms with Crippen LogP contribution in [0.5, 0.6) is 17.2 Å². The standard InChI is InChI=1S/3C6H5NO3.Al/c3*8-6-3-1-2-5(4-6)7(9)10;/h3*1-4,8H;/q;;;+3. The minimum Gasteiger partial charge on any atom is -0.508 e. The highest BCUT2D eigenvalue weighted by atomic mass is 27.3. The van der Waals surface area contributed by atoms with Crippen molar-refractivity contribution >= 4 is 32.2 Å². The molecule has 0 aromatic heterocycles. The van der Waals surface area contributed by atoms with Crippen LogP contribution >= 0.6 is 0 Å². The number of hydrogen-bond acceptors (Lipinski definition) is 9. The first-order chi connectivity index (χ1) is 14.8. The van der Waals surface area contributed by atoms with Gasteiger partial charge in [-0.05, 0) is 18.2 Å². The maximum absolute atomic E-state index is 12.3. The van der Waals surface area contributed by atoms with Crippen LogP contribution in [0.3, 0.4) is 0 Å². The zero-order valence-electron chi connectivity index (χ0n) is 15.6. The Labute approximate surface area is 179 Å². The van der Waals surface area contributed by atoms with Crippen LogP contribution in [0.15, 0.2) is 72.8 Å². The molecule has 0 fully saturated rings. The van der Waals surface area contributed by atoms with Gasteiger partial charge in [-0.25, -0.2) is 0 Å². The van der Waals surface area contributed by atoms with Crippen molar-refractivity contribution in [2.45, 2.75) is 0 Å². The highest BCUT2D eigenvalue weighted by Gasteiger charge is 2.67. The fraction of sp³-hybridized carbons (Fsp3) is 0. The number of phenolic OH excluding ortho intramolecular Hbond substituents is 3. The average molecular weight is 444 g/mol. The molecule has 13 heteroatoms. The second-order valence-electron chi connectivity index (χ2n) is 5.94. The van der Waals surface area contributed by atoms with Crippen LogP contribution in [0.25, 0.3) is 0 Å². The van der Waals surface area contributed by atoms with Crippen molar-refractivity contribution in [2.24, 2.45) is 0 Å². The lowest BCUT2D eigenvalue weighted by molar-refractivity contribution is -0.787. The fourth-order valence-electron chi connectivity index (χ4n) is 2.29. The van der Waals surface area contributed by atoms with Gasteiger partial charge in [-0.1, -0.05) is 18.2 Å². The van der Waals surface area contributed by atoms with E-state index in [1.54, 1.807) is 0 Å². The first-order valence-electron chi connectivity index (χ1n) is 8.61. The van der Waals surface area contributed by atoms with Crippen molar-refractivity contribution in [3.63, 3.8) is 0 Å². The molecule has 12 nitrogen and oxygen atoms in total. The number of nitrogens with zero attached hydrogens (tertiary/aromatic N) is 3. The van der Waals surface area contributed by atoms with Gasteiger partial charge in [-0.3, -0.25) is 11.7 Å². The zero-order valence-corrected chi connectivity index (χ0v) is 16.8. The molecular formula is C18H15AlN3O9+3. The molecule has 0 saturated heterocycles. The maximum atomic E-state index is 12.3. The molecule has 3 aromatic rings. The lowest BCUT2D eigenvalue weighted by Crippen LogP contribution is -2.34. The molecule has 0 amide bonds. The van der Waals surface area contributed by atoms with E-state index in [0.29, 0.717) is 0 Å². The van der Waals surface area contributed by atoms with E-state index < -0.39 is 15.1 Å². The van der Waals surface area contributed by atoms with E-state index >= 15 is 0 Å². The van der Waals surface area contributed by atoms with Crippen LogP contribution in [0.2, 0.25) is 0 Å². The summed E-state index contributed by atoms with van der Waals surface area (Å²) in [6, 6.07) is 15.2. The number of benzene rings is 3. The lowest BCUT2D eigenvalue weighted by atomic mass is 10.3. The lowest BCUT2D eigenvalue weighted by Gasteiger charge is -1.99. The molecule has 156 valence electrons. The summed E-state index contributed by atoms with van der Waals surface area (Å²) < 4.78 is 15.0. The highest BCUT2D eigenvalue weighted by Crippen LogP contribution is 2.23. The molecular weight excluding hydrogens is 429 g/mol. The number of aromatic hydroxyl groups is 3. The molecule has 0 saturated carbocycles. The van der Waals surface area contributed by atoms with Gasteiger partial charge in [0.05, 0.1) is 32.9 Å². The molecule has 0 spiro atoms. The Morgan fingerprint density at radius 2 is 0.839 bits per heavy atom. The van der Waals surface area contributed by atoms with Gasteiger partial charge in [0, 0.05) is 18.2 Å². The Balaban J connectivity index is 1.81. The summed E-state index contributed by atoms with van der Waals surface area (Å²) in [7, 11) is 0. The van der Waals surface area contributed by atoms with E-state index in [-0.39, 0.29) is 49.1 Å². The molecule has 0 bridgehead atoms. The normalized spacial score (nSPS) is 10.1. The molecule has 0 aliphatic heterocycles. The molecule has 0 radical (unpaired) electrons. The molecule has 3 N–H and O–H groups in total. The first-order valence-corrected chi connectivity index (χ1v) is 10.0. The fourth-order valence-corrected chi connectivity index (χ4v) is 3.24. The van der Waals surface area contributed by atoms with Crippen LogP contribution in [0, 0.1) is 14.7 Å². The Morgan fingerprint density at radius 1 is 0.548 bits per heavy atom. The third kappa shape index (κ3) is 5.89. The number of phenols is 3. The van der Waals surface area contributed by atoms with Crippen molar-refractivity contribution in [1.29, 1.82) is 0 Å². The van der Waals surface area contributed by atoms with Crippen LogP contribution in [-0.4, -0.2) is 45.2 Å². The van der Waals surface area contributed by atoms with Crippen molar-refractivity contribution in [1.82, 2.24) is 0 Å². The van der Waals surface area contributed by atoms with E-state index in [0.717, 1.165) is 18.2 Å². The van der Waals surface area contributed by atoms with Gasteiger partial charge in [0.15, 0.2) is 0 Å². The van der Waals surface area contributed by atoms with Gasteiger partial charge in [-0.2, -0.15) is 0 Å². The molecule has 3 rings (SSSR count). The monoisotopic (exact) mass is 444 g/mol. The number of rotatable bonds is 9. The molecule has 0 aliphatic carbocycles. The van der Waals surface area contributed by atoms with Crippen LogP contribution < -0.4 is 0 Å². The van der Waals surface area contributed by atoms with E-state index in [1.165, 1.54) is 54.6 Å². The first kappa shape index (κ1) is 21.5. The van der Waals surface area contributed by atoms with E-state index in [1.807, 2.05) is 0 Å². The Morgan fingerprint density at radius 3 is 1.10 bits per heavy atom. The van der Waals surface area contributed by atoms with Crippen molar-refractivity contribution in [3.05, 3.63) is 87.5 Å². The average Bonchev–Trinajstić information content (AvgIpc) is 2.73.